The first-order chi connectivity index (χ1) is 19.5. The fourth-order valence-corrected chi connectivity index (χ4v) is 5.34. The zero-order valence-electron chi connectivity index (χ0n) is 25.4. The third kappa shape index (κ3) is 5.98. The summed E-state index contributed by atoms with van der Waals surface area (Å²) in [6, 6.07) is 15.9. The molecule has 2 aliphatic rings. The van der Waals surface area contributed by atoms with Gasteiger partial charge in [-0.05, 0) is 87.1 Å². The number of esters is 1. The third-order valence-corrected chi connectivity index (χ3v) is 9.04. The SMILES string of the molecule is Cc1c(OC(=O)c2ccc(C3OCC(C)C(C)O3)c(C)c2C)ccc(-c2ccc(C3OCC(C)C(C)O3)cc2)c1C. The van der Waals surface area contributed by atoms with Gasteiger partial charge in [-0.1, -0.05) is 50.2 Å². The van der Waals surface area contributed by atoms with E-state index < -0.39 is 6.29 Å². The van der Waals surface area contributed by atoms with Crippen LogP contribution in [0, 0.1) is 39.5 Å². The van der Waals surface area contributed by atoms with E-state index in [1.54, 1.807) is 0 Å². The van der Waals surface area contributed by atoms with Gasteiger partial charge >= 0.3 is 5.97 Å². The molecule has 0 aliphatic carbocycles. The molecule has 3 aromatic carbocycles. The molecule has 2 heterocycles. The van der Waals surface area contributed by atoms with Crippen LogP contribution in [0.3, 0.4) is 0 Å². The molecule has 2 saturated heterocycles. The summed E-state index contributed by atoms with van der Waals surface area (Å²) >= 11 is 0. The highest BCUT2D eigenvalue weighted by Crippen LogP contribution is 2.36. The van der Waals surface area contributed by atoms with E-state index in [0.29, 0.717) is 36.4 Å². The fraction of sp³-hybridized carbons (Fsp3) is 0.457. The second kappa shape index (κ2) is 12.1. The Bertz CT molecular complexity index is 1410. The third-order valence-electron chi connectivity index (χ3n) is 9.04. The average molecular weight is 559 g/mol. The highest BCUT2D eigenvalue weighted by Gasteiger charge is 2.29. The summed E-state index contributed by atoms with van der Waals surface area (Å²) in [5, 5.41) is 0. The molecule has 218 valence electrons. The Hall–Kier alpha value is -3.03. The highest BCUT2D eigenvalue weighted by atomic mass is 16.7. The summed E-state index contributed by atoms with van der Waals surface area (Å²) in [4.78, 5) is 13.3. The van der Waals surface area contributed by atoms with Gasteiger partial charge in [0, 0.05) is 23.0 Å². The monoisotopic (exact) mass is 558 g/mol. The Morgan fingerprint density at radius 1 is 0.683 bits per heavy atom. The van der Waals surface area contributed by atoms with E-state index in [2.05, 4.69) is 58.9 Å². The second-order valence-electron chi connectivity index (χ2n) is 11.8. The maximum atomic E-state index is 13.3. The summed E-state index contributed by atoms with van der Waals surface area (Å²) in [6.07, 6.45) is -0.493. The van der Waals surface area contributed by atoms with Crippen LogP contribution in [0.4, 0.5) is 0 Å². The van der Waals surface area contributed by atoms with Gasteiger partial charge in [-0.25, -0.2) is 4.79 Å². The van der Waals surface area contributed by atoms with Gasteiger partial charge in [-0.2, -0.15) is 0 Å². The number of hydrogen-bond acceptors (Lipinski definition) is 6. The first kappa shape index (κ1) is 29.5. The van der Waals surface area contributed by atoms with Crippen molar-refractivity contribution in [3.05, 3.63) is 87.5 Å². The van der Waals surface area contributed by atoms with Gasteiger partial charge in [0.2, 0.25) is 0 Å². The Kier molecular flexibility index (Phi) is 8.67. The second-order valence-corrected chi connectivity index (χ2v) is 11.8. The van der Waals surface area contributed by atoms with E-state index >= 15 is 0 Å². The minimum atomic E-state index is -0.425. The van der Waals surface area contributed by atoms with Crippen LogP contribution >= 0.6 is 0 Å². The number of carbonyl (C=O) groups is 1. The van der Waals surface area contributed by atoms with E-state index in [-0.39, 0.29) is 24.5 Å². The van der Waals surface area contributed by atoms with Crippen molar-refractivity contribution < 1.29 is 28.5 Å². The van der Waals surface area contributed by atoms with E-state index in [9.17, 15) is 4.79 Å². The minimum absolute atomic E-state index is 0.109. The molecule has 5 rings (SSSR count). The fourth-order valence-electron chi connectivity index (χ4n) is 5.34. The van der Waals surface area contributed by atoms with Gasteiger partial charge < -0.3 is 23.7 Å². The predicted octanol–water partition coefficient (Wildman–Crippen LogP) is 7.95. The van der Waals surface area contributed by atoms with Gasteiger partial charge in [0.1, 0.15) is 5.75 Å². The molecule has 6 heteroatoms. The zero-order valence-corrected chi connectivity index (χ0v) is 25.4. The molecule has 6 atom stereocenters. The van der Waals surface area contributed by atoms with Crippen LogP contribution in [0.25, 0.3) is 11.1 Å². The molecule has 0 radical (unpaired) electrons. The first-order valence-electron chi connectivity index (χ1n) is 14.6. The normalized spacial score (nSPS) is 26.5. The van der Waals surface area contributed by atoms with Crippen molar-refractivity contribution in [1.82, 2.24) is 0 Å². The highest BCUT2D eigenvalue weighted by molar-refractivity contribution is 5.93. The average Bonchev–Trinajstić information content (AvgIpc) is 2.96. The molecule has 0 N–H and O–H groups in total. The Morgan fingerprint density at radius 3 is 1.93 bits per heavy atom. The van der Waals surface area contributed by atoms with Crippen molar-refractivity contribution in [1.29, 1.82) is 0 Å². The van der Waals surface area contributed by atoms with E-state index in [4.69, 9.17) is 23.7 Å². The van der Waals surface area contributed by atoms with Gasteiger partial charge in [0.15, 0.2) is 12.6 Å². The first-order valence-corrected chi connectivity index (χ1v) is 14.6. The summed E-state index contributed by atoms with van der Waals surface area (Å²) in [6.45, 7) is 17.7. The molecule has 2 fully saturated rings. The molecule has 0 aromatic heterocycles. The molecule has 6 unspecified atom stereocenters. The van der Waals surface area contributed by atoms with Crippen LogP contribution in [0.15, 0.2) is 48.5 Å². The summed E-state index contributed by atoms with van der Waals surface area (Å²) < 4.78 is 29.9. The van der Waals surface area contributed by atoms with E-state index in [0.717, 1.165) is 44.5 Å². The molecule has 0 saturated carbocycles. The summed E-state index contributed by atoms with van der Waals surface area (Å²) in [5.74, 6) is 0.913. The summed E-state index contributed by atoms with van der Waals surface area (Å²) in [5.41, 5.74) is 8.51. The van der Waals surface area contributed by atoms with Crippen LogP contribution in [-0.4, -0.2) is 31.4 Å². The van der Waals surface area contributed by atoms with Gasteiger partial charge in [-0.15, -0.1) is 0 Å². The van der Waals surface area contributed by atoms with Crippen molar-refractivity contribution >= 4 is 5.97 Å². The molecule has 6 nitrogen and oxygen atoms in total. The molecule has 0 bridgehead atoms. The Labute approximate surface area is 243 Å². The Balaban J connectivity index is 1.31. The van der Waals surface area contributed by atoms with Gasteiger partial charge in [-0.3, -0.25) is 0 Å². The zero-order chi connectivity index (χ0) is 29.4. The van der Waals surface area contributed by atoms with Crippen molar-refractivity contribution in [3.8, 4) is 16.9 Å². The van der Waals surface area contributed by atoms with Crippen LogP contribution in [0.5, 0.6) is 5.75 Å². The van der Waals surface area contributed by atoms with Crippen molar-refractivity contribution in [2.75, 3.05) is 13.2 Å². The molecular formula is C35H42O6. The lowest BCUT2D eigenvalue weighted by Crippen LogP contribution is -2.32. The molecule has 0 spiro atoms. The lowest BCUT2D eigenvalue weighted by atomic mass is 9.95. The lowest BCUT2D eigenvalue weighted by molar-refractivity contribution is -0.233. The quantitative estimate of drug-likeness (QED) is 0.234. The van der Waals surface area contributed by atoms with Crippen molar-refractivity contribution in [3.63, 3.8) is 0 Å². The molecule has 41 heavy (non-hydrogen) atoms. The number of carbonyl (C=O) groups excluding carboxylic acids is 1. The van der Waals surface area contributed by atoms with Crippen LogP contribution in [0.2, 0.25) is 0 Å². The topological polar surface area (TPSA) is 63.2 Å². The largest absolute Gasteiger partial charge is 0.423 e. The van der Waals surface area contributed by atoms with E-state index in [1.807, 2.05) is 45.0 Å². The number of ether oxygens (including phenoxy) is 5. The number of rotatable bonds is 5. The van der Waals surface area contributed by atoms with Crippen LogP contribution in [0.1, 0.15) is 84.0 Å². The number of hydrogen-bond donors (Lipinski definition) is 0. The molecular weight excluding hydrogens is 516 g/mol. The maximum Gasteiger partial charge on any atom is 0.343 e. The molecule has 0 amide bonds. The van der Waals surface area contributed by atoms with E-state index in [1.165, 1.54) is 0 Å². The smallest absolute Gasteiger partial charge is 0.343 e. The lowest BCUT2D eigenvalue weighted by Gasteiger charge is -2.34. The Morgan fingerprint density at radius 2 is 1.29 bits per heavy atom. The minimum Gasteiger partial charge on any atom is -0.423 e. The van der Waals surface area contributed by atoms with Crippen LogP contribution in [-0.2, 0) is 18.9 Å². The molecule has 2 aliphatic heterocycles. The standard InChI is InChI=1S/C35H42O6/c1-19-17-37-34(39-25(19)7)28-11-9-27(10-12-28)29-15-16-32(24(6)23(29)5)41-33(36)30-13-14-31(22(4)21(30)3)35-38-18-20(2)26(8)40-35/h9-16,19-20,25-26,34-35H,17-18H2,1-8H3. The maximum absolute atomic E-state index is 13.3. The van der Waals surface area contributed by atoms with Crippen molar-refractivity contribution in [2.45, 2.75) is 80.2 Å². The van der Waals surface area contributed by atoms with Crippen molar-refractivity contribution in [2.24, 2.45) is 11.8 Å². The predicted molar refractivity (Wildman–Crippen MR) is 159 cm³/mol. The summed E-state index contributed by atoms with van der Waals surface area (Å²) in [7, 11) is 0. The van der Waals surface area contributed by atoms with Crippen LogP contribution < -0.4 is 4.74 Å². The molecule has 3 aromatic rings. The van der Waals surface area contributed by atoms with Gasteiger partial charge in [0.05, 0.1) is 31.0 Å². The number of benzene rings is 3. The van der Waals surface area contributed by atoms with Gasteiger partial charge in [0.25, 0.3) is 0 Å².